The number of ether oxygens (including phenoxy) is 2. The minimum absolute atomic E-state index is 0.0495. The van der Waals surface area contributed by atoms with Crippen LogP contribution in [0.5, 0.6) is 11.5 Å². The zero-order valence-electron chi connectivity index (χ0n) is 17.9. The summed E-state index contributed by atoms with van der Waals surface area (Å²) in [6.07, 6.45) is 2.91. The lowest BCUT2D eigenvalue weighted by Gasteiger charge is -2.09. The summed E-state index contributed by atoms with van der Waals surface area (Å²) >= 11 is 0. The van der Waals surface area contributed by atoms with E-state index in [1.54, 1.807) is 36.4 Å². The lowest BCUT2D eigenvalue weighted by atomic mass is 10.1. The monoisotopic (exact) mass is 451 g/mol. The van der Waals surface area contributed by atoms with Gasteiger partial charge in [-0.3, -0.25) is 0 Å². The van der Waals surface area contributed by atoms with Crippen molar-refractivity contribution in [2.75, 3.05) is 12.8 Å². The highest BCUT2D eigenvalue weighted by Gasteiger charge is 2.20. The molecule has 0 unspecified atom stereocenters. The Morgan fingerprint density at radius 3 is 2.56 bits per heavy atom. The van der Waals surface area contributed by atoms with E-state index in [-0.39, 0.29) is 39.9 Å². The van der Waals surface area contributed by atoms with Crippen molar-refractivity contribution >= 4 is 23.4 Å². The number of aromatic nitrogens is 2. The largest absolute Gasteiger partial charge is 0.493 e. The molecule has 4 aromatic rings. The van der Waals surface area contributed by atoms with E-state index in [0.717, 1.165) is 0 Å². The summed E-state index contributed by atoms with van der Waals surface area (Å²) in [5.74, 6) is -0.0587. The lowest BCUT2D eigenvalue weighted by Crippen LogP contribution is -2.08. The van der Waals surface area contributed by atoms with Gasteiger partial charge in [-0.1, -0.05) is 24.3 Å². The second-order valence-electron chi connectivity index (χ2n) is 6.91. The van der Waals surface area contributed by atoms with Crippen LogP contribution in [0.3, 0.4) is 0 Å². The van der Waals surface area contributed by atoms with Gasteiger partial charge in [0.15, 0.2) is 11.5 Å². The Kier molecular flexibility index (Phi) is 6.11. The molecular formula is C25H17N5O4. The van der Waals surface area contributed by atoms with Crippen LogP contribution in [-0.2, 0) is 0 Å². The standard InChI is InChI=1S/C25H17N5O4/c1-32-22-13-16(9-10-20(22)34-25(31)21-8-5-11-33-21)12-17(14-26)23-19(15-27)24(28)30(29-23)18-6-3-2-4-7-18/h2-13H,28H2,1H3. The molecular weight excluding hydrogens is 434 g/mol. The van der Waals surface area contributed by atoms with Crippen molar-refractivity contribution in [3.63, 3.8) is 0 Å². The summed E-state index contributed by atoms with van der Waals surface area (Å²) in [6.45, 7) is 0. The first-order valence-corrected chi connectivity index (χ1v) is 9.95. The lowest BCUT2D eigenvalue weighted by molar-refractivity contribution is 0.0696. The highest BCUT2D eigenvalue weighted by molar-refractivity contribution is 5.92. The number of esters is 1. The Labute approximate surface area is 194 Å². The fraction of sp³-hybridized carbons (Fsp3) is 0.0400. The molecule has 2 aromatic carbocycles. The van der Waals surface area contributed by atoms with Crippen molar-refractivity contribution in [1.29, 1.82) is 10.5 Å². The number of furan rings is 1. The number of hydrogen-bond acceptors (Lipinski definition) is 8. The van der Waals surface area contributed by atoms with Crippen molar-refractivity contribution in [2.24, 2.45) is 0 Å². The highest BCUT2D eigenvalue weighted by atomic mass is 16.6. The van der Waals surface area contributed by atoms with Crippen molar-refractivity contribution in [1.82, 2.24) is 9.78 Å². The average Bonchev–Trinajstić information content (AvgIpc) is 3.52. The predicted molar refractivity (Wildman–Crippen MR) is 123 cm³/mol. The van der Waals surface area contributed by atoms with E-state index in [1.807, 2.05) is 24.3 Å². The zero-order valence-corrected chi connectivity index (χ0v) is 17.9. The van der Waals surface area contributed by atoms with Gasteiger partial charge in [-0.2, -0.15) is 15.6 Å². The fourth-order valence-electron chi connectivity index (χ4n) is 3.22. The number of allylic oxidation sites excluding steroid dienone is 1. The van der Waals surface area contributed by atoms with Gasteiger partial charge in [0, 0.05) is 0 Å². The Morgan fingerprint density at radius 1 is 1.12 bits per heavy atom. The van der Waals surface area contributed by atoms with E-state index in [9.17, 15) is 15.3 Å². The maximum Gasteiger partial charge on any atom is 0.379 e. The Hall–Kier alpha value is -5.28. The average molecular weight is 451 g/mol. The van der Waals surface area contributed by atoms with Gasteiger partial charge in [0.1, 0.15) is 29.2 Å². The first kappa shape index (κ1) is 21.9. The zero-order chi connectivity index (χ0) is 24.1. The first-order chi connectivity index (χ1) is 16.5. The molecule has 0 bridgehead atoms. The van der Waals surface area contributed by atoms with Gasteiger partial charge < -0.3 is 19.6 Å². The quantitative estimate of drug-likeness (QED) is 0.261. The maximum atomic E-state index is 12.2. The minimum atomic E-state index is -0.676. The van der Waals surface area contributed by atoms with Crippen LogP contribution in [0.25, 0.3) is 17.3 Å². The SMILES string of the molecule is COc1cc(C=C(C#N)c2nn(-c3ccccc3)c(N)c2C#N)ccc1OC(=O)c1ccco1. The highest BCUT2D eigenvalue weighted by Crippen LogP contribution is 2.32. The Morgan fingerprint density at radius 2 is 1.91 bits per heavy atom. The van der Waals surface area contributed by atoms with E-state index < -0.39 is 5.97 Å². The van der Waals surface area contributed by atoms with Crippen molar-refractivity contribution in [3.8, 4) is 29.3 Å². The van der Waals surface area contributed by atoms with E-state index in [4.69, 9.17) is 19.6 Å². The molecule has 2 aromatic heterocycles. The summed E-state index contributed by atoms with van der Waals surface area (Å²) in [6, 6.07) is 21.0. The van der Waals surface area contributed by atoms with Gasteiger partial charge in [-0.05, 0) is 48.0 Å². The molecule has 0 spiro atoms. The van der Waals surface area contributed by atoms with Crippen LogP contribution in [-0.4, -0.2) is 22.9 Å². The number of para-hydroxylation sites is 1. The molecule has 0 aliphatic heterocycles. The van der Waals surface area contributed by atoms with Crippen LogP contribution >= 0.6 is 0 Å². The van der Waals surface area contributed by atoms with E-state index in [1.165, 1.54) is 30.2 Å². The number of rotatable bonds is 6. The van der Waals surface area contributed by atoms with Crippen LogP contribution in [0, 0.1) is 22.7 Å². The second-order valence-corrected chi connectivity index (χ2v) is 6.91. The molecule has 34 heavy (non-hydrogen) atoms. The topological polar surface area (TPSA) is 140 Å². The van der Waals surface area contributed by atoms with Crippen molar-refractivity contribution in [3.05, 3.63) is 89.5 Å². The number of methoxy groups -OCH3 is 1. The molecule has 2 N–H and O–H groups in total. The van der Waals surface area contributed by atoms with Crippen LogP contribution < -0.4 is 15.2 Å². The third-order valence-electron chi connectivity index (χ3n) is 4.83. The molecule has 0 fully saturated rings. The van der Waals surface area contributed by atoms with E-state index in [2.05, 4.69) is 11.2 Å². The molecule has 0 amide bonds. The Balaban J connectivity index is 1.70. The predicted octanol–water partition coefficient (Wildman–Crippen LogP) is 4.21. The van der Waals surface area contributed by atoms with E-state index >= 15 is 0 Å². The summed E-state index contributed by atoms with van der Waals surface area (Å²) < 4.78 is 17.1. The second kappa shape index (κ2) is 9.47. The molecule has 9 heteroatoms. The van der Waals surface area contributed by atoms with Crippen LogP contribution in [0.15, 0.2) is 71.3 Å². The number of nitriles is 2. The fourth-order valence-corrected chi connectivity index (χ4v) is 3.22. The number of hydrogen-bond donors (Lipinski definition) is 1. The molecule has 0 saturated heterocycles. The summed E-state index contributed by atoms with van der Waals surface area (Å²) in [4.78, 5) is 12.2. The Bertz CT molecular complexity index is 1460. The number of nitrogen functional groups attached to an aromatic ring is 1. The number of nitrogens with two attached hydrogens (primary N) is 1. The number of carbonyl (C=O) groups excluding carboxylic acids is 1. The van der Waals surface area contributed by atoms with E-state index in [0.29, 0.717) is 11.3 Å². The normalized spacial score (nSPS) is 10.9. The first-order valence-electron chi connectivity index (χ1n) is 9.95. The molecule has 0 atom stereocenters. The molecule has 0 aliphatic rings. The third-order valence-corrected chi connectivity index (χ3v) is 4.83. The van der Waals surface area contributed by atoms with Crippen molar-refractivity contribution in [2.45, 2.75) is 0 Å². The van der Waals surface area contributed by atoms with Gasteiger partial charge >= 0.3 is 5.97 Å². The molecule has 0 radical (unpaired) electrons. The summed E-state index contributed by atoms with van der Waals surface area (Å²) in [5, 5.41) is 23.9. The summed E-state index contributed by atoms with van der Waals surface area (Å²) in [7, 11) is 1.42. The smallest absolute Gasteiger partial charge is 0.379 e. The molecule has 166 valence electrons. The van der Waals surface area contributed by atoms with Crippen LogP contribution in [0.1, 0.15) is 27.4 Å². The third kappa shape index (κ3) is 4.22. The van der Waals surface area contributed by atoms with Gasteiger partial charge in [-0.15, -0.1) is 0 Å². The van der Waals surface area contributed by atoms with Crippen LogP contribution in [0.4, 0.5) is 5.82 Å². The van der Waals surface area contributed by atoms with Gasteiger partial charge in [0.25, 0.3) is 0 Å². The summed E-state index contributed by atoms with van der Waals surface area (Å²) in [5.41, 5.74) is 7.73. The molecule has 0 saturated carbocycles. The number of carbonyl (C=O) groups is 1. The molecule has 0 aliphatic carbocycles. The number of nitrogens with zero attached hydrogens (tertiary/aromatic N) is 4. The van der Waals surface area contributed by atoms with Gasteiger partial charge in [-0.25, -0.2) is 9.48 Å². The van der Waals surface area contributed by atoms with Crippen molar-refractivity contribution < 1.29 is 18.7 Å². The molecule has 4 rings (SSSR count). The van der Waals surface area contributed by atoms with Gasteiger partial charge in [0.05, 0.1) is 24.6 Å². The minimum Gasteiger partial charge on any atom is -0.493 e. The maximum absolute atomic E-state index is 12.2. The van der Waals surface area contributed by atoms with Crippen LogP contribution in [0.2, 0.25) is 0 Å². The van der Waals surface area contributed by atoms with Gasteiger partial charge in [0.2, 0.25) is 5.76 Å². The molecule has 2 heterocycles. The number of anilines is 1. The number of benzene rings is 2. The molecule has 9 nitrogen and oxygen atoms in total.